The maximum Gasteiger partial charge on any atom is 0.416 e. The van der Waals surface area contributed by atoms with Gasteiger partial charge in [0.15, 0.2) is 0 Å². The van der Waals surface area contributed by atoms with Gasteiger partial charge in [-0.1, -0.05) is 0 Å². The normalized spacial score (nSPS) is 14.7. The highest BCUT2D eigenvalue weighted by Gasteiger charge is 2.21. The lowest BCUT2D eigenvalue weighted by atomic mass is 10.1. The maximum absolute atomic E-state index is 13.4. The van der Waals surface area contributed by atoms with Crippen LogP contribution in [0.25, 0.3) is 5.69 Å². The Morgan fingerprint density at radius 2 is 1.79 bits per heavy atom. The molecule has 1 aliphatic heterocycles. The number of ether oxygens (including phenoxy) is 1. The summed E-state index contributed by atoms with van der Waals surface area (Å²) in [6, 6.07) is 4.07. The van der Waals surface area contributed by atoms with Crippen LogP contribution in [-0.4, -0.2) is 33.9 Å². The van der Waals surface area contributed by atoms with Gasteiger partial charge in [0.1, 0.15) is 11.6 Å². The fourth-order valence-electron chi connectivity index (χ4n) is 2.57. The smallest absolute Gasteiger partial charge is 0.389 e. The van der Waals surface area contributed by atoms with E-state index in [1.807, 2.05) is 0 Å². The molecule has 2 heterocycles. The number of halogens is 3. The van der Waals surface area contributed by atoms with Crippen LogP contribution >= 0.6 is 31.9 Å². The Labute approximate surface area is 155 Å². The minimum Gasteiger partial charge on any atom is -0.389 e. The number of hydrogen-bond acceptors (Lipinski definition) is 4. The van der Waals surface area contributed by atoms with E-state index in [9.17, 15) is 9.18 Å². The highest BCUT2D eigenvalue weighted by Crippen LogP contribution is 2.33. The van der Waals surface area contributed by atoms with Crippen molar-refractivity contribution in [3.63, 3.8) is 0 Å². The Kier molecular flexibility index (Phi) is 5.09. The van der Waals surface area contributed by atoms with Gasteiger partial charge in [0, 0.05) is 28.1 Å². The van der Waals surface area contributed by atoms with Crippen molar-refractivity contribution in [2.45, 2.75) is 19.3 Å². The highest BCUT2D eigenvalue weighted by atomic mass is 79.9. The van der Waals surface area contributed by atoms with Crippen LogP contribution in [0.2, 0.25) is 0 Å². The number of nitrogen functional groups attached to an aromatic ring is 1. The van der Waals surface area contributed by atoms with E-state index in [4.69, 9.17) is 10.5 Å². The Hall–Kier alpha value is -1.61. The second-order valence-corrected chi connectivity index (χ2v) is 7.16. The van der Waals surface area contributed by atoms with Crippen LogP contribution in [0.4, 0.5) is 15.0 Å². The molecule has 1 amide bonds. The molecule has 6 nitrogen and oxygen atoms in total. The minimum absolute atomic E-state index is 0.103. The molecule has 1 aromatic carbocycles. The lowest BCUT2D eigenvalue weighted by Crippen LogP contribution is -2.37. The number of amides is 1. The summed E-state index contributed by atoms with van der Waals surface area (Å²) < 4.78 is 21.0. The van der Waals surface area contributed by atoms with E-state index in [1.165, 1.54) is 22.9 Å². The Balaban J connectivity index is 1.84. The number of hydrogen-bond donors (Lipinski definition) is 1. The predicted molar refractivity (Wildman–Crippen MR) is 94.8 cm³/mol. The van der Waals surface area contributed by atoms with Crippen LogP contribution in [0.15, 0.2) is 27.1 Å². The molecule has 0 unspecified atom stereocenters. The van der Waals surface area contributed by atoms with Crippen LogP contribution in [-0.2, 0) is 0 Å². The number of anilines is 1. The van der Waals surface area contributed by atoms with Gasteiger partial charge in [-0.05, 0) is 63.3 Å². The van der Waals surface area contributed by atoms with Crippen LogP contribution < -0.4 is 10.5 Å². The summed E-state index contributed by atoms with van der Waals surface area (Å²) in [6.07, 6.45) is 2.64. The molecule has 2 N–H and O–H groups in total. The number of piperidine rings is 1. The zero-order valence-corrected chi connectivity index (χ0v) is 15.8. The van der Waals surface area contributed by atoms with Crippen LogP contribution in [0, 0.1) is 5.82 Å². The SMILES string of the molecule is Nc1cc(OC(=O)N2CCCCC2)nn1-c1c(Br)cc(F)cc1Br. The topological polar surface area (TPSA) is 73.4 Å². The van der Waals surface area contributed by atoms with E-state index in [2.05, 4.69) is 37.0 Å². The summed E-state index contributed by atoms with van der Waals surface area (Å²) in [5, 5.41) is 4.21. The van der Waals surface area contributed by atoms with Crippen molar-refractivity contribution >= 4 is 43.8 Å². The summed E-state index contributed by atoms with van der Waals surface area (Å²) in [4.78, 5) is 13.8. The van der Waals surface area contributed by atoms with E-state index in [0.717, 1.165) is 19.3 Å². The highest BCUT2D eigenvalue weighted by molar-refractivity contribution is 9.11. The van der Waals surface area contributed by atoms with Gasteiger partial charge in [-0.15, -0.1) is 5.10 Å². The zero-order chi connectivity index (χ0) is 17.3. The maximum atomic E-state index is 13.4. The minimum atomic E-state index is -0.434. The van der Waals surface area contributed by atoms with E-state index in [0.29, 0.717) is 27.7 Å². The van der Waals surface area contributed by atoms with Gasteiger partial charge in [0.05, 0.1) is 5.69 Å². The molecular formula is C15H15Br2FN4O2. The first kappa shape index (κ1) is 17.2. The summed E-state index contributed by atoms with van der Waals surface area (Å²) in [6.45, 7) is 1.37. The largest absolute Gasteiger partial charge is 0.416 e. The standard InChI is InChI=1S/C15H15Br2FN4O2/c16-10-6-9(18)7-11(17)14(10)22-12(19)8-13(20-22)24-15(23)21-4-2-1-3-5-21/h6-8H,1-5,19H2. The van der Waals surface area contributed by atoms with Gasteiger partial charge in [-0.2, -0.15) is 0 Å². The first-order chi connectivity index (χ1) is 11.5. The van der Waals surface area contributed by atoms with Crippen LogP contribution in [0.3, 0.4) is 0 Å². The average molecular weight is 462 g/mol. The zero-order valence-electron chi connectivity index (χ0n) is 12.6. The number of carbonyl (C=O) groups excluding carboxylic acids is 1. The third-order valence-corrected chi connectivity index (χ3v) is 4.92. The first-order valence-electron chi connectivity index (χ1n) is 7.43. The molecule has 0 aliphatic carbocycles. The number of rotatable bonds is 2. The van der Waals surface area contributed by atoms with E-state index in [-0.39, 0.29) is 11.7 Å². The van der Waals surface area contributed by atoms with Crippen LogP contribution in [0.1, 0.15) is 19.3 Å². The van der Waals surface area contributed by atoms with Crippen molar-refractivity contribution in [2.75, 3.05) is 18.8 Å². The van der Waals surface area contributed by atoms with E-state index >= 15 is 0 Å². The van der Waals surface area contributed by atoms with Gasteiger partial charge in [0.25, 0.3) is 0 Å². The average Bonchev–Trinajstić information content (AvgIpc) is 2.87. The molecule has 1 aliphatic rings. The molecule has 1 saturated heterocycles. The second kappa shape index (κ2) is 7.10. The third kappa shape index (κ3) is 3.56. The molecule has 1 fully saturated rings. The fraction of sp³-hybridized carbons (Fsp3) is 0.333. The molecular weight excluding hydrogens is 447 g/mol. The lowest BCUT2D eigenvalue weighted by Gasteiger charge is -2.25. The molecule has 24 heavy (non-hydrogen) atoms. The predicted octanol–water partition coefficient (Wildman–Crippen LogP) is 4.10. The molecule has 128 valence electrons. The first-order valence-corrected chi connectivity index (χ1v) is 9.01. The Morgan fingerprint density at radius 3 is 2.42 bits per heavy atom. The van der Waals surface area contributed by atoms with Gasteiger partial charge in [-0.3, -0.25) is 0 Å². The summed E-state index contributed by atoms with van der Waals surface area (Å²) in [5.41, 5.74) is 6.49. The molecule has 2 aromatic rings. The summed E-state index contributed by atoms with van der Waals surface area (Å²) >= 11 is 6.58. The van der Waals surface area contributed by atoms with Gasteiger partial charge in [-0.25, -0.2) is 13.9 Å². The van der Waals surface area contributed by atoms with E-state index < -0.39 is 11.9 Å². The number of nitrogens with two attached hydrogens (primary N) is 1. The Bertz CT molecular complexity index is 752. The third-order valence-electron chi connectivity index (χ3n) is 3.71. The van der Waals surface area contributed by atoms with Crippen molar-refractivity contribution in [1.82, 2.24) is 14.7 Å². The van der Waals surface area contributed by atoms with E-state index in [1.54, 1.807) is 4.90 Å². The van der Waals surface area contributed by atoms with Crippen molar-refractivity contribution in [2.24, 2.45) is 0 Å². The fourth-order valence-corrected chi connectivity index (χ4v) is 4.04. The number of likely N-dealkylation sites (tertiary alicyclic amines) is 1. The molecule has 0 radical (unpaired) electrons. The lowest BCUT2D eigenvalue weighted by molar-refractivity contribution is 0.140. The summed E-state index contributed by atoms with van der Waals surface area (Å²) in [7, 11) is 0. The van der Waals surface area contributed by atoms with Crippen molar-refractivity contribution in [3.8, 4) is 11.6 Å². The number of carbonyl (C=O) groups is 1. The number of aromatic nitrogens is 2. The molecule has 9 heteroatoms. The van der Waals surface area contributed by atoms with Gasteiger partial charge < -0.3 is 15.4 Å². The molecule has 0 saturated carbocycles. The quantitative estimate of drug-likeness (QED) is 0.730. The van der Waals surface area contributed by atoms with Gasteiger partial charge >= 0.3 is 6.09 Å². The van der Waals surface area contributed by atoms with Crippen molar-refractivity contribution < 1.29 is 13.9 Å². The van der Waals surface area contributed by atoms with Crippen LogP contribution in [0.5, 0.6) is 5.88 Å². The Morgan fingerprint density at radius 1 is 1.17 bits per heavy atom. The summed E-state index contributed by atoms with van der Waals surface area (Å²) in [5.74, 6) is -0.0318. The molecule has 0 bridgehead atoms. The molecule has 3 rings (SSSR count). The number of benzene rings is 1. The van der Waals surface area contributed by atoms with Gasteiger partial charge in [0.2, 0.25) is 5.88 Å². The molecule has 0 spiro atoms. The van der Waals surface area contributed by atoms with Crippen molar-refractivity contribution in [1.29, 1.82) is 0 Å². The molecule has 0 atom stereocenters. The number of nitrogens with zero attached hydrogens (tertiary/aromatic N) is 3. The second-order valence-electron chi connectivity index (χ2n) is 5.45. The molecule has 1 aromatic heterocycles. The van der Waals surface area contributed by atoms with Crippen molar-refractivity contribution in [3.05, 3.63) is 33.0 Å². The monoisotopic (exact) mass is 460 g/mol.